The molecule has 0 unspecified atom stereocenters. The maximum absolute atomic E-state index is 14.2. The van der Waals surface area contributed by atoms with Crippen molar-refractivity contribution in [3.8, 4) is 0 Å². The van der Waals surface area contributed by atoms with Gasteiger partial charge in [0.2, 0.25) is 5.91 Å². The summed E-state index contributed by atoms with van der Waals surface area (Å²) in [6.45, 7) is 0.659. The van der Waals surface area contributed by atoms with Crippen molar-refractivity contribution in [2.45, 2.75) is 37.5 Å². The number of hydrogen-bond donors (Lipinski definition) is 1. The standard InChI is InChI=1S/C17H19F2NO3/c18-12-4-5-13(14(19)9-12)17(6-2-7-17)16(23)20-8-1-3-11(10-20)15(21)22/h4-5,9,11H,1-3,6-8,10H2,(H,21,22)/t11-/m0/s1. The number of hydrogen-bond acceptors (Lipinski definition) is 2. The summed E-state index contributed by atoms with van der Waals surface area (Å²) in [5.74, 6) is -3.07. The molecule has 1 aliphatic heterocycles. The van der Waals surface area contributed by atoms with E-state index in [0.717, 1.165) is 12.5 Å². The summed E-state index contributed by atoms with van der Waals surface area (Å²) in [5, 5.41) is 9.16. The van der Waals surface area contributed by atoms with Crippen molar-refractivity contribution in [3.05, 3.63) is 35.4 Å². The van der Waals surface area contributed by atoms with Crippen LogP contribution in [0.25, 0.3) is 0 Å². The van der Waals surface area contributed by atoms with Gasteiger partial charge in [-0.05, 0) is 31.7 Å². The second-order valence-corrected chi connectivity index (χ2v) is 6.49. The average Bonchev–Trinajstić information content (AvgIpc) is 2.48. The van der Waals surface area contributed by atoms with Gasteiger partial charge in [-0.1, -0.05) is 12.5 Å². The summed E-state index contributed by atoms with van der Waals surface area (Å²) in [6, 6.07) is 3.32. The van der Waals surface area contributed by atoms with Gasteiger partial charge in [0.05, 0.1) is 11.3 Å². The molecular weight excluding hydrogens is 304 g/mol. The SMILES string of the molecule is O=C(O)[C@H]1CCCN(C(=O)C2(c3ccc(F)cc3F)CCC2)C1. The molecule has 2 aliphatic rings. The van der Waals surface area contributed by atoms with Gasteiger partial charge in [0.15, 0.2) is 0 Å². The van der Waals surface area contributed by atoms with Gasteiger partial charge in [-0.25, -0.2) is 8.78 Å². The third-order valence-electron chi connectivity index (χ3n) is 5.12. The molecule has 1 saturated heterocycles. The number of carbonyl (C=O) groups is 2. The minimum Gasteiger partial charge on any atom is -0.481 e. The molecule has 3 rings (SSSR count). The molecular formula is C17H19F2NO3. The molecule has 0 aromatic heterocycles. The summed E-state index contributed by atoms with van der Waals surface area (Å²) in [6.07, 6.45) is 3.02. The number of nitrogens with zero attached hydrogens (tertiary/aromatic N) is 1. The third kappa shape index (κ3) is 2.71. The lowest BCUT2D eigenvalue weighted by Gasteiger charge is -2.45. The van der Waals surface area contributed by atoms with E-state index in [1.807, 2.05) is 0 Å². The van der Waals surface area contributed by atoms with Crippen molar-refractivity contribution in [2.24, 2.45) is 5.92 Å². The van der Waals surface area contributed by atoms with Crippen LogP contribution in [0.2, 0.25) is 0 Å². The maximum atomic E-state index is 14.2. The molecule has 4 nitrogen and oxygen atoms in total. The van der Waals surface area contributed by atoms with E-state index in [-0.39, 0.29) is 18.0 Å². The Hall–Kier alpha value is -1.98. The van der Waals surface area contributed by atoms with Gasteiger partial charge in [-0.2, -0.15) is 0 Å². The van der Waals surface area contributed by atoms with Crippen LogP contribution in [0.15, 0.2) is 18.2 Å². The molecule has 1 aliphatic carbocycles. The molecule has 0 bridgehead atoms. The number of piperidine rings is 1. The number of benzene rings is 1. The number of aliphatic carboxylic acids is 1. The van der Waals surface area contributed by atoms with Gasteiger partial charge in [-0.3, -0.25) is 9.59 Å². The van der Waals surface area contributed by atoms with Gasteiger partial charge in [0.25, 0.3) is 0 Å². The molecule has 1 heterocycles. The molecule has 6 heteroatoms. The first-order valence-corrected chi connectivity index (χ1v) is 7.92. The van der Waals surface area contributed by atoms with Crippen LogP contribution >= 0.6 is 0 Å². The zero-order valence-corrected chi connectivity index (χ0v) is 12.7. The van der Waals surface area contributed by atoms with E-state index in [4.69, 9.17) is 5.11 Å². The average molecular weight is 323 g/mol. The zero-order valence-electron chi connectivity index (χ0n) is 12.7. The molecule has 2 fully saturated rings. The lowest BCUT2D eigenvalue weighted by atomic mass is 9.63. The van der Waals surface area contributed by atoms with Crippen LogP contribution in [0.4, 0.5) is 8.78 Å². The molecule has 1 atom stereocenters. The number of carbonyl (C=O) groups excluding carboxylic acids is 1. The molecule has 1 saturated carbocycles. The van der Waals surface area contributed by atoms with Crippen molar-refractivity contribution in [1.29, 1.82) is 0 Å². The minimum absolute atomic E-state index is 0.165. The van der Waals surface area contributed by atoms with Gasteiger partial charge in [0, 0.05) is 24.7 Å². The molecule has 1 aromatic carbocycles. The Bertz CT molecular complexity index is 643. The van der Waals surface area contributed by atoms with Gasteiger partial charge in [-0.15, -0.1) is 0 Å². The topological polar surface area (TPSA) is 57.6 Å². The van der Waals surface area contributed by atoms with Crippen LogP contribution in [-0.4, -0.2) is 35.0 Å². The van der Waals surface area contributed by atoms with Crippen molar-refractivity contribution in [1.82, 2.24) is 4.90 Å². The van der Waals surface area contributed by atoms with Gasteiger partial charge < -0.3 is 10.0 Å². The highest BCUT2D eigenvalue weighted by atomic mass is 19.1. The van der Waals surface area contributed by atoms with Crippen molar-refractivity contribution < 1.29 is 23.5 Å². The first-order chi connectivity index (χ1) is 10.9. The fourth-order valence-electron chi connectivity index (χ4n) is 3.67. The van der Waals surface area contributed by atoms with E-state index in [9.17, 15) is 18.4 Å². The third-order valence-corrected chi connectivity index (χ3v) is 5.12. The Labute approximate surface area is 133 Å². The predicted molar refractivity (Wildman–Crippen MR) is 78.8 cm³/mol. The Kier molecular flexibility index (Phi) is 4.08. The monoisotopic (exact) mass is 323 g/mol. The predicted octanol–water partition coefficient (Wildman–Crippen LogP) is 2.71. The van der Waals surface area contributed by atoms with Gasteiger partial charge in [0.1, 0.15) is 11.6 Å². The van der Waals surface area contributed by atoms with Crippen molar-refractivity contribution in [3.63, 3.8) is 0 Å². The minimum atomic E-state index is -0.960. The molecule has 1 N–H and O–H groups in total. The van der Waals surface area contributed by atoms with E-state index >= 15 is 0 Å². The zero-order chi connectivity index (χ0) is 16.6. The maximum Gasteiger partial charge on any atom is 0.308 e. The highest BCUT2D eigenvalue weighted by molar-refractivity contribution is 5.90. The van der Waals surface area contributed by atoms with Crippen LogP contribution in [0, 0.1) is 17.6 Å². The first-order valence-electron chi connectivity index (χ1n) is 7.92. The van der Waals surface area contributed by atoms with Crippen LogP contribution in [0.3, 0.4) is 0 Å². The Morgan fingerprint density at radius 2 is 1.96 bits per heavy atom. The van der Waals surface area contributed by atoms with Crippen LogP contribution in [0.1, 0.15) is 37.7 Å². The number of amides is 1. The smallest absolute Gasteiger partial charge is 0.308 e. The number of carboxylic acids is 1. The van der Waals surface area contributed by atoms with E-state index in [0.29, 0.717) is 32.2 Å². The quantitative estimate of drug-likeness (QED) is 0.930. The molecule has 1 aromatic rings. The molecule has 0 radical (unpaired) electrons. The number of rotatable bonds is 3. The van der Waals surface area contributed by atoms with Crippen LogP contribution < -0.4 is 0 Å². The highest BCUT2D eigenvalue weighted by Gasteiger charge is 2.49. The molecule has 1 amide bonds. The summed E-state index contributed by atoms with van der Waals surface area (Å²) in [5.41, 5.74) is -0.731. The van der Waals surface area contributed by atoms with Crippen LogP contribution in [-0.2, 0) is 15.0 Å². The largest absolute Gasteiger partial charge is 0.481 e. The molecule has 0 spiro atoms. The summed E-state index contributed by atoms with van der Waals surface area (Å²) in [4.78, 5) is 25.7. The second kappa shape index (κ2) is 5.91. The van der Waals surface area contributed by atoms with Crippen molar-refractivity contribution >= 4 is 11.9 Å². The number of halogens is 2. The lowest BCUT2D eigenvalue weighted by Crippen LogP contribution is -2.54. The first kappa shape index (κ1) is 15.9. The normalized spacial score (nSPS) is 23.2. The number of likely N-dealkylation sites (tertiary alicyclic amines) is 1. The van der Waals surface area contributed by atoms with Crippen molar-refractivity contribution in [2.75, 3.05) is 13.1 Å². The van der Waals surface area contributed by atoms with E-state index in [2.05, 4.69) is 0 Å². The van der Waals surface area contributed by atoms with E-state index in [1.165, 1.54) is 12.1 Å². The Morgan fingerprint density at radius 1 is 1.22 bits per heavy atom. The van der Waals surface area contributed by atoms with Gasteiger partial charge >= 0.3 is 5.97 Å². The lowest BCUT2D eigenvalue weighted by molar-refractivity contribution is -0.149. The summed E-state index contributed by atoms with van der Waals surface area (Å²) in [7, 11) is 0. The number of carboxylic acid groups (broad SMARTS) is 1. The molecule has 124 valence electrons. The highest BCUT2D eigenvalue weighted by Crippen LogP contribution is 2.46. The van der Waals surface area contributed by atoms with E-state index < -0.39 is 28.9 Å². The fraction of sp³-hybridized carbons (Fsp3) is 0.529. The second-order valence-electron chi connectivity index (χ2n) is 6.49. The fourth-order valence-corrected chi connectivity index (χ4v) is 3.67. The van der Waals surface area contributed by atoms with E-state index in [1.54, 1.807) is 4.90 Å². The Morgan fingerprint density at radius 3 is 2.52 bits per heavy atom. The summed E-state index contributed by atoms with van der Waals surface area (Å²) >= 11 is 0. The summed E-state index contributed by atoms with van der Waals surface area (Å²) < 4.78 is 27.3. The van der Waals surface area contributed by atoms with Crippen LogP contribution in [0.5, 0.6) is 0 Å². The Balaban J connectivity index is 1.88. The molecule has 23 heavy (non-hydrogen) atoms.